The number of anilines is 1. The molecule has 0 aromatic heterocycles. The van der Waals surface area contributed by atoms with Gasteiger partial charge in [0, 0.05) is 42.6 Å². The van der Waals surface area contributed by atoms with E-state index in [4.69, 9.17) is 27.5 Å². The maximum atomic E-state index is 7.64. The van der Waals surface area contributed by atoms with E-state index in [0.717, 1.165) is 37.3 Å². The third-order valence-electron chi connectivity index (χ3n) is 3.37. The maximum absolute atomic E-state index is 7.64. The lowest BCUT2D eigenvalue weighted by molar-refractivity contribution is 0.0855. The SMILES string of the molecule is CN(c1cc(Cl)ccc1C(=N)N)C1CCOCC1. The van der Waals surface area contributed by atoms with E-state index >= 15 is 0 Å². The third-order valence-corrected chi connectivity index (χ3v) is 3.60. The van der Waals surface area contributed by atoms with Crippen LogP contribution in [0.3, 0.4) is 0 Å². The number of nitrogen functional groups attached to an aromatic ring is 1. The Morgan fingerprint density at radius 3 is 2.72 bits per heavy atom. The van der Waals surface area contributed by atoms with E-state index in [1.165, 1.54) is 0 Å². The molecule has 0 saturated carbocycles. The van der Waals surface area contributed by atoms with Gasteiger partial charge in [-0.15, -0.1) is 0 Å². The molecule has 1 aliphatic heterocycles. The molecule has 0 spiro atoms. The molecule has 2 rings (SSSR count). The van der Waals surface area contributed by atoms with Crippen LogP contribution in [0.5, 0.6) is 0 Å². The minimum atomic E-state index is 0.0700. The number of nitrogens with one attached hydrogen (secondary N) is 1. The highest BCUT2D eigenvalue weighted by Gasteiger charge is 2.21. The molecule has 1 fully saturated rings. The Morgan fingerprint density at radius 1 is 1.44 bits per heavy atom. The van der Waals surface area contributed by atoms with Gasteiger partial charge in [0.05, 0.1) is 0 Å². The van der Waals surface area contributed by atoms with Gasteiger partial charge in [-0.3, -0.25) is 5.41 Å². The fourth-order valence-electron chi connectivity index (χ4n) is 2.29. The van der Waals surface area contributed by atoms with Crippen LogP contribution in [0.15, 0.2) is 18.2 Å². The number of benzene rings is 1. The Kier molecular flexibility index (Phi) is 4.09. The summed E-state index contributed by atoms with van der Waals surface area (Å²) in [5, 5.41) is 8.30. The molecule has 1 saturated heterocycles. The van der Waals surface area contributed by atoms with Gasteiger partial charge in [0.1, 0.15) is 5.84 Å². The molecule has 0 radical (unpaired) electrons. The van der Waals surface area contributed by atoms with Gasteiger partial charge in [-0.2, -0.15) is 0 Å². The van der Waals surface area contributed by atoms with E-state index in [1.54, 1.807) is 12.1 Å². The average molecular weight is 268 g/mol. The van der Waals surface area contributed by atoms with Crippen LogP contribution in [0.25, 0.3) is 0 Å². The highest BCUT2D eigenvalue weighted by atomic mass is 35.5. The lowest BCUT2D eigenvalue weighted by atomic mass is 10.0. The second-order valence-corrected chi connectivity index (χ2v) is 4.97. The smallest absolute Gasteiger partial charge is 0.124 e. The average Bonchev–Trinajstić information content (AvgIpc) is 2.38. The van der Waals surface area contributed by atoms with Crippen molar-refractivity contribution in [2.45, 2.75) is 18.9 Å². The highest BCUT2D eigenvalue weighted by molar-refractivity contribution is 6.31. The second-order valence-electron chi connectivity index (χ2n) is 4.53. The molecular formula is C13H18ClN3O. The van der Waals surface area contributed by atoms with E-state index in [1.807, 2.05) is 13.1 Å². The van der Waals surface area contributed by atoms with E-state index in [9.17, 15) is 0 Å². The number of hydrogen-bond acceptors (Lipinski definition) is 3. The van der Waals surface area contributed by atoms with Crippen LogP contribution in [-0.2, 0) is 4.74 Å². The summed E-state index contributed by atoms with van der Waals surface area (Å²) < 4.78 is 5.37. The molecule has 0 atom stereocenters. The predicted octanol–water partition coefficient (Wildman–Crippen LogP) is 2.24. The molecule has 0 unspecified atom stereocenters. The molecule has 0 bridgehead atoms. The van der Waals surface area contributed by atoms with Crippen molar-refractivity contribution in [2.75, 3.05) is 25.2 Å². The van der Waals surface area contributed by atoms with E-state index < -0.39 is 0 Å². The predicted molar refractivity (Wildman–Crippen MR) is 74.7 cm³/mol. The minimum Gasteiger partial charge on any atom is -0.384 e. The molecule has 5 heteroatoms. The highest BCUT2D eigenvalue weighted by Crippen LogP contribution is 2.27. The van der Waals surface area contributed by atoms with Crippen molar-refractivity contribution in [1.29, 1.82) is 5.41 Å². The molecule has 4 nitrogen and oxygen atoms in total. The van der Waals surface area contributed by atoms with Crippen molar-refractivity contribution < 1.29 is 4.74 Å². The quantitative estimate of drug-likeness (QED) is 0.652. The Hall–Kier alpha value is -1.26. The van der Waals surface area contributed by atoms with Gasteiger partial charge in [-0.1, -0.05) is 11.6 Å². The van der Waals surface area contributed by atoms with Gasteiger partial charge in [-0.05, 0) is 31.0 Å². The summed E-state index contributed by atoms with van der Waals surface area (Å²) in [6.07, 6.45) is 1.97. The molecular weight excluding hydrogens is 250 g/mol. The summed E-state index contributed by atoms with van der Waals surface area (Å²) in [7, 11) is 2.02. The summed E-state index contributed by atoms with van der Waals surface area (Å²) in [4.78, 5) is 2.16. The zero-order valence-electron chi connectivity index (χ0n) is 10.4. The number of rotatable bonds is 3. The summed E-state index contributed by atoms with van der Waals surface area (Å²) in [5.41, 5.74) is 7.27. The zero-order valence-corrected chi connectivity index (χ0v) is 11.2. The molecule has 3 N–H and O–H groups in total. The van der Waals surface area contributed by atoms with Crippen molar-refractivity contribution in [3.63, 3.8) is 0 Å². The number of hydrogen-bond donors (Lipinski definition) is 2. The molecule has 0 amide bonds. The molecule has 0 aliphatic carbocycles. The van der Waals surface area contributed by atoms with Gasteiger partial charge in [0.2, 0.25) is 0 Å². The van der Waals surface area contributed by atoms with Gasteiger partial charge >= 0.3 is 0 Å². The standard InChI is InChI=1S/C13H18ClN3O/c1-17(10-4-6-18-7-5-10)12-8-9(14)2-3-11(12)13(15)16/h2-3,8,10H,4-7H2,1H3,(H3,15,16). The number of nitrogens with two attached hydrogens (primary N) is 1. The van der Waals surface area contributed by atoms with Crippen LogP contribution in [-0.4, -0.2) is 32.1 Å². The van der Waals surface area contributed by atoms with Crippen LogP contribution in [0.1, 0.15) is 18.4 Å². The Morgan fingerprint density at radius 2 is 2.11 bits per heavy atom. The first-order valence-electron chi connectivity index (χ1n) is 6.04. The van der Waals surface area contributed by atoms with Crippen molar-refractivity contribution >= 4 is 23.1 Å². The first-order chi connectivity index (χ1) is 8.59. The van der Waals surface area contributed by atoms with Gasteiger partial charge in [0.15, 0.2) is 0 Å². The van der Waals surface area contributed by atoms with Gasteiger partial charge < -0.3 is 15.4 Å². The summed E-state index contributed by atoms with van der Waals surface area (Å²) in [5.74, 6) is 0.0700. The minimum absolute atomic E-state index is 0.0700. The summed E-state index contributed by atoms with van der Waals surface area (Å²) in [6, 6.07) is 5.85. The summed E-state index contributed by atoms with van der Waals surface area (Å²) in [6.45, 7) is 1.57. The maximum Gasteiger partial charge on any atom is 0.124 e. The van der Waals surface area contributed by atoms with Crippen molar-refractivity contribution in [1.82, 2.24) is 0 Å². The number of halogens is 1. The molecule has 1 aromatic carbocycles. The van der Waals surface area contributed by atoms with Crippen LogP contribution in [0.2, 0.25) is 5.02 Å². The summed E-state index contributed by atoms with van der Waals surface area (Å²) >= 11 is 6.04. The fourth-order valence-corrected chi connectivity index (χ4v) is 2.46. The van der Waals surface area contributed by atoms with Crippen molar-refractivity contribution in [2.24, 2.45) is 5.73 Å². The molecule has 1 aliphatic rings. The second kappa shape index (κ2) is 5.59. The Balaban J connectivity index is 2.30. The first-order valence-corrected chi connectivity index (χ1v) is 6.42. The first kappa shape index (κ1) is 13.2. The van der Waals surface area contributed by atoms with E-state index in [-0.39, 0.29) is 5.84 Å². The van der Waals surface area contributed by atoms with Crippen LogP contribution < -0.4 is 10.6 Å². The fraction of sp³-hybridized carbons (Fsp3) is 0.462. The number of nitrogens with zero attached hydrogens (tertiary/aromatic N) is 1. The van der Waals surface area contributed by atoms with Crippen LogP contribution >= 0.6 is 11.6 Å². The largest absolute Gasteiger partial charge is 0.384 e. The lowest BCUT2D eigenvalue weighted by Gasteiger charge is -2.34. The zero-order chi connectivity index (χ0) is 13.1. The monoisotopic (exact) mass is 267 g/mol. The van der Waals surface area contributed by atoms with Gasteiger partial charge in [0.25, 0.3) is 0 Å². The topological polar surface area (TPSA) is 62.3 Å². The molecule has 1 heterocycles. The molecule has 18 heavy (non-hydrogen) atoms. The Bertz CT molecular complexity index is 444. The van der Waals surface area contributed by atoms with Crippen molar-refractivity contribution in [3.05, 3.63) is 28.8 Å². The lowest BCUT2D eigenvalue weighted by Crippen LogP contribution is -2.37. The van der Waals surface area contributed by atoms with E-state index in [2.05, 4.69) is 4.90 Å². The van der Waals surface area contributed by atoms with Crippen LogP contribution in [0.4, 0.5) is 5.69 Å². The Labute approximate surface area is 112 Å². The number of amidine groups is 1. The van der Waals surface area contributed by atoms with Gasteiger partial charge in [-0.25, -0.2) is 0 Å². The normalized spacial score (nSPS) is 16.6. The number of ether oxygens (including phenoxy) is 1. The molecule has 98 valence electrons. The van der Waals surface area contributed by atoms with Crippen LogP contribution in [0, 0.1) is 5.41 Å². The molecule has 1 aromatic rings. The van der Waals surface area contributed by atoms with E-state index in [0.29, 0.717) is 11.1 Å². The third kappa shape index (κ3) is 2.76. The van der Waals surface area contributed by atoms with Crippen molar-refractivity contribution in [3.8, 4) is 0 Å².